The fourth-order valence-electron chi connectivity index (χ4n) is 2.92. The van der Waals surface area contributed by atoms with Gasteiger partial charge in [0.15, 0.2) is 0 Å². The van der Waals surface area contributed by atoms with Gasteiger partial charge in [-0.05, 0) is 31.9 Å². The molecule has 1 rings (SSSR count). The third-order valence-electron chi connectivity index (χ3n) is 4.27. The zero-order valence-corrected chi connectivity index (χ0v) is 14.3. The second kappa shape index (κ2) is 10.6. The Morgan fingerprint density at radius 1 is 0.952 bits per heavy atom. The maximum Gasteiger partial charge on any atom is 0.0530 e. The van der Waals surface area contributed by atoms with Gasteiger partial charge in [0.1, 0.15) is 0 Å². The van der Waals surface area contributed by atoms with Crippen molar-refractivity contribution in [2.75, 3.05) is 5.32 Å². The number of nitrogens with zero attached hydrogens (tertiary/aromatic N) is 1. The first-order valence-corrected chi connectivity index (χ1v) is 8.88. The normalized spacial score (nSPS) is 13.9. The van der Waals surface area contributed by atoms with Crippen molar-refractivity contribution in [3.8, 4) is 0 Å². The van der Waals surface area contributed by atoms with E-state index in [1.54, 1.807) is 0 Å². The van der Waals surface area contributed by atoms with E-state index < -0.39 is 0 Å². The van der Waals surface area contributed by atoms with E-state index in [9.17, 15) is 0 Å². The molecule has 1 unspecified atom stereocenters. The molecule has 0 aromatic carbocycles. The van der Waals surface area contributed by atoms with Gasteiger partial charge in [-0.2, -0.15) is 0 Å². The minimum Gasteiger partial charge on any atom is -0.379 e. The average molecular weight is 290 g/mol. The standard InChI is InChI=1S/C19H34N2/c1-4-6-8-9-11-15-19(3,14-10-7-5-2)21-18-13-12-16-20-17-18/h12-13,16-17,21H,4-11,14-15H2,1-3H3. The highest BCUT2D eigenvalue weighted by molar-refractivity contribution is 5.42. The minimum absolute atomic E-state index is 0.213. The molecule has 21 heavy (non-hydrogen) atoms. The van der Waals surface area contributed by atoms with Gasteiger partial charge >= 0.3 is 0 Å². The second-order valence-corrected chi connectivity index (χ2v) is 6.55. The van der Waals surface area contributed by atoms with E-state index in [0.29, 0.717) is 0 Å². The summed E-state index contributed by atoms with van der Waals surface area (Å²) in [6.45, 7) is 6.94. The van der Waals surface area contributed by atoms with Gasteiger partial charge in [-0.15, -0.1) is 0 Å². The summed E-state index contributed by atoms with van der Waals surface area (Å²) in [6.07, 6.45) is 17.0. The molecular weight excluding hydrogens is 256 g/mol. The van der Waals surface area contributed by atoms with E-state index in [0.717, 1.165) is 5.69 Å². The van der Waals surface area contributed by atoms with Crippen molar-refractivity contribution in [1.82, 2.24) is 4.98 Å². The Morgan fingerprint density at radius 3 is 2.19 bits per heavy atom. The molecule has 0 spiro atoms. The Morgan fingerprint density at radius 2 is 1.57 bits per heavy atom. The predicted octanol–water partition coefficient (Wildman–Crippen LogP) is 6.19. The molecule has 1 aromatic heterocycles. The van der Waals surface area contributed by atoms with E-state index in [1.165, 1.54) is 64.2 Å². The molecule has 1 N–H and O–H groups in total. The number of hydrogen-bond acceptors (Lipinski definition) is 2. The number of nitrogens with one attached hydrogen (secondary N) is 1. The zero-order chi connectivity index (χ0) is 15.4. The van der Waals surface area contributed by atoms with Gasteiger partial charge in [0.05, 0.1) is 5.69 Å². The van der Waals surface area contributed by atoms with Crippen LogP contribution < -0.4 is 5.32 Å². The lowest BCUT2D eigenvalue weighted by atomic mass is 9.88. The van der Waals surface area contributed by atoms with Crippen molar-refractivity contribution in [3.05, 3.63) is 24.5 Å². The maximum absolute atomic E-state index is 4.22. The first-order chi connectivity index (χ1) is 10.2. The number of rotatable bonds is 12. The molecule has 0 bridgehead atoms. The van der Waals surface area contributed by atoms with Gasteiger partial charge in [-0.25, -0.2) is 0 Å². The van der Waals surface area contributed by atoms with Crippen LogP contribution in [-0.2, 0) is 0 Å². The second-order valence-electron chi connectivity index (χ2n) is 6.55. The average Bonchev–Trinajstić information content (AvgIpc) is 2.48. The summed E-state index contributed by atoms with van der Waals surface area (Å²) in [5.74, 6) is 0. The van der Waals surface area contributed by atoms with Gasteiger partial charge in [0.25, 0.3) is 0 Å². The van der Waals surface area contributed by atoms with E-state index in [-0.39, 0.29) is 5.54 Å². The zero-order valence-electron chi connectivity index (χ0n) is 14.3. The van der Waals surface area contributed by atoms with Gasteiger partial charge in [0, 0.05) is 17.9 Å². The fraction of sp³-hybridized carbons (Fsp3) is 0.737. The quantitative estimate of drug-likeness (QED) is 0.464. The molecule has 1 atom stereocenters. The molecule has 0 aliphatic rings. The highest BCUT2D eigenvalue weighted by Gasteiger charge is 2.22. The van der Waals surface area contributed by atoms with Crippen molar-refractivity contribution in [2.24, 2.45) is 0 Å². The van der Waals surface area contributed by atoms with Gasteiger partial charge < -0.3 is 5.32 Å². The lowest BCUT2D eigenvalue weighted by molar-refractivity contribution is 0.396. The molecule has 0 saturated heterocycles. The van der Waals surface area contributed by atoms with Crippen LogP contribution >= 0.6 is 0 Å². The molecule has 0 amide bonds. The molecule has 0 radical (unpaired) electrons. The number of anilines is 1. The van der Waals surface area contributed by atoms with Crippen LogP contribution in [0.5, 0.6) is 0 Å². The Labute approximate surface area is 131 Å². The highest BCUT2D eigenvalue weighted by Crippen LogP contribution is 2.26. The van der Waals surface area contributed by atoms with Crippen LogP contribution in [0.4, 0.5) is 5.69 Å². The predicted molar refractivity (Wildman–Crippen MR) is 93.8 cm³/mol. The van der Waals surface area contributed by atoms with E-state index in [4.69, 9.17) is 0 Å². The SMILES string of the molecule is CCCCCCCC(C)(CCCCC)Nc1cccnc1. The van der Waals surface area contributed by atoms with Crippen molar-refractivity contribution in [3.63, 3.8) is 0 Å². The molecule has 2 nitrogen and oxygen atoms in total. The molecule has 1 heterocycles. The van der Waals surface area contributed by atoms with Gasteiger partial charge in [-0.1, -0.05) is 65.2 Å². The summed E-state index contributed by atoms with van der Waals surface area (Å²) >= 11 is 0. The van der Waals surface area contributed by atoms with Gasteiger partial charge in [-0.3, -0.25) is 4.98 Å². The summed E-state index contributed by atoms with van der Waals surface area (Å²) in [5.41, 5.74) is 1.37. The molecule has 1 aromatic rings. The third kappa shape index (κ3) is 8.08. The summed E-state index contributed by atoms with van der Waals surface area (Å²) in [5, 5.41) is 3.74. The molecule has 120 valence electrons. The van der Waals surface area contributed by atoms with Crippen LogP contribution in [0, 0.1) is 0 Å². The van der Waals surface area contributed by atoms with Crippen LogP contribution in [0.25, 0.3) is 0 Å². The molecule has 2 heteroatoms. The molecule has 0 aliphatic heterocycles. The van der Waals surface area contributed by atoms with Crippen molar-refractivity contribution < 1.29 is 0 Å². The van der Waals surface area contributed by atoms with Crippen molar-refractivity contribution in [2.45, 2.75) is 90.5 Å². The van der Waals surface area contributed by atoms with Crippen molar-refractivity contribution in [1.29, 1.82) is 0 Å². The number of pyridine rings is 1. The molecular formula is C19H34N2. The summed E-state index contributed by atoms with van der Waals surface area (Å²) in [7, 11) is 0. The third-order valence-corrected chi connectivity index (χ3v) is 4.27. The van der Waals surface area contributed by atoms with Gasteiger partial charge in [0.2, 0.25) is 0 Å². The van der Waals surface area contributed by atoms with E-state index in [2.05, 4.69) is 37.1 Å². The van der Waals surface area contributed by atoms with E-state index >= 15 is 0 Å². The van der Waals surface area contributed by atoms with Crippen LogP contribution in [0.3, 0.4) is 0 Å². The van der Waals surface area contributed by atoms with Crippen LogP contribution in [0.15, 0.2) is 24.5 Å². The summed E-state index contributed by atoms with van der Waals surface area (Å²) < 4.78 is 0. The summed E-state index contributed by atoms with van der Waals surface area (Å²) in [4.78, 5) is 4.22. The topological polar surface area (TPSA) is 24.9 Å². The Bertz CT molecular complexity index is 350. The largest absolute Gasteiger partial charge is 0.379 e. The number of aromatic nitrogens is 1. The smallest absolute Gasteiger partial charge is 0.0530 e. The van der Waals surface area contributed by atoms with Crippen LogP contribution in [0.1, 0.15) is 85.0 Å². The van der Waals surface area contributed by atoms with Crippen LogP contribution in [-0.4, -0.2) is 10.5 Å². The Hall–Kier alpha value is -1.05. The van der Waals surface area contributed by atoms with Crippen LogP contribution in [0.2, 0.25) is 0 Å². The minimum atomic E-state index is 0.213. The lowest BCUT2D eigenvalue weighted by Crippen LogP contribution is -2.34. The lowest BCUT2D eigenvalue weighted by Gasteiger charge is -2.32. The monoisotopic (exact) mass is 290 g/mol. The van der Waals surface area contributed by atoms with E-state index in [1.807, 2.05) is 18.5 Å². The first-order valence-electron chi connectivity index (χ1n) is 8.88. The Kier molecular flexibility index (Phi) is 9.12. The number of unbranched alkanes of at least 4 members (excludes halogenated alkanes) is 6. The summed E-state index contributed by atoms with van der Waals surface area (Å²) in [6, 6.07) is 4.14. The Balaban J connectivity index is 2.48. The highest BCUT2D eigenvalue weighted by atomic mass is 15.0. The maximum atomic E-state index is 4.22. The number of hydrogen-bond donors (Lipinski definition) is 1. The molecule has 0 aliphatic carbocycles. The fourth-order valence-corrected chi connectivity index (χ4v) is 2.92. The first kappa shape index (κ1) is 18.0. The molecule has 0 saturated carbocycles. The van der Waals surface area contributed by atoms with Crippen molar-refractivity contribution >= 4 is 5.69 Å². The molecule has 0 fully saturated rings.